The molecule has 4 nitrogen and oxygen atoms in total. The highest BCUT2D eigenvalue weighted by Gasteiger charge is 2.22. The Bertz CT molecular complexity index is 871. The Hall–Kier alpha value is -2.76. The van der Waals surface area contributed by atoms with Gasteiger partial charge in [-0.15, -0.1) is 0 Å². The van der Waals surface area contributed by atoms with Crippen molar-refractivity contribution in [2.24, 2.45) is 0 Å². The molecule has 0 spiro atoms. The van der Waals surface area contributed by atoms with Gasteiger partial charge in [0.1, 0.15) is 5.75 Å². The summed E-state index contributed by atoms with van der Waals surface area (Å²) in [6, 6.07) is 5.85. The van der Waals surface area contributed by atoms with E-state index in [1.165, 1.54) is 6.33 Å². The fourth-order valence-corrected chi connectivity index (χ4v) is 2.26. The predicted molar refractivity (Wildman–Crippen MR) is 73.1 cm³/mol. The first-order valence-electron chi connectivity index (χ1n) is 6.14. The molecule has 2 aromatic carbocycles. The number of hydrogen-bond donors (Lipinski definition) is 2. The molecule has 3 aromatic rings. The number of fused-ring (bicyclic) bond motifs is 1. The first-order chi connectivity index (χ1) is 9.99. The molecule has 0 saturated carbocycles. The van der Waals surface area contributed by atoms with Crippen LogP contribution in [0.25, 0.3) is 22.2 Å². The molecule has 1 heterocycles. The Labute approximate surface area is 118 Å². The van der Waals surface area contributed by atoms with Gasteiger partial charge < -0.3 is 10.1 Å². The first kappa shape index (κ1) is 13.2. The standard InChI is InChI=1S/C15H10F2N2O2/c1-7(20)13-12(21)5-9(14(16)15(13)17)8-2-3-10-11(4-8)19-6-18-10/h2-6,21H,1H3,(H,18,19). The molecule has 0 amide bonds. The number of nitrogens with zero attached hydrogens (tertiary/aromatic N) is 1. The summed E-state index contributed by atoms with van der Waals surface area (Å²) < 4.78 is 28.1. The van der Waals surface area contributed by atoms with Gasteiger partial charge in [0.15, 0.2) is 17.4 Å². The SMILES string of the molecule is CC(=O)c1c(O)cc(-c2ccc3nc[nH]c3c2)c(F)c1F. The van der Waals surface area contributed by atoms with Crippen molar-refractivity contribution in [2.75, 3.05) is 0 Å². The molecule has 0 aliphatic rings. The van der Waals surface area contributed by atoms with Crippen LogP contribution >= 0.6 is 0 Å². The third kappa shape index (κ3) is 2.05. The number of phenols is 1. The number of H-pyrrole nitrogens is 1. The zero-order chi connectivity index (χ0) is 15.1. The predicted octanol–water partition coefficient (Wildman–Crippen LogP) is 3.42. The van der Waals surface area contributed by atoms with E-state index in [2.05, 4.69) is 9.97 Å². The van der Waals surface area contributed by atoms with E-state index >= 15 is 0 Å². The van der Waals surface area contributed by atoms with Crippen LogP contribution in [0.5, 0.6) is 5.75 Å². The lowest BCUT2D eigenvalue weighted by molar-refractivity contribution is 0.101. The average molecular weight is 288 g/mol. The number of rotatable bonds is 2. The smallest absolute Gasteiger partial charge is 0.173 e. The number of benzene rings is 2. The van der Waals surface area contributed by atoms with E-state index in [1.54, 1.807) is 18.2 Å². The molecular weight excluding hydrogens is 278 g/mol. The fraction of sp³-hybridized carbons (Fsp3) is 0.0667. The number of aromatic nitrogens is 2. The number of ketones is 1. The summed E-state index contributed by atoms with van der Waals surface area (Å²) in [6.45, 7) is 1.06. The third-order valence-electron chi connectivity index (χ3n) is 3.27. The second kappa shape index (κ2) is 4.66. The number of hydrogen-bond acceptors (Lipinski definition) is 3. The summed E-state index contributed by atoms with van der Waals surface area (Å²) in [5.41, 5.74) is 0.950. The maximum Gasteiger partial charge on any atom is 0.173 e. The van der Waals surface area contributed by atoms with E-state index in [4.69, 9.17) is 0 Å². The number of halogens is 2. The Kier molecular flexibility index (Phi) is 2.94. The molecule has 0 radical (unpaired) electrons. The van der Waals surface area contributed by atoms with Crippen molar-refractivity contribution >= 4 is 16.8 Å². The van der Waals surface area contributed by atoms with Gasteiger partial charge in [0.05, 0.1) is 22.9 Å². The van der Waals surface area contributed by atoms with E-state index in [0.717, 1.165) is 13.0 Å². The minimum atomic E-state index is -1.35. The van der Waals surface area contributed by atoms with E-state index in [-0.39, 0.29) is 5.56 Å². The van der Waals surface area contributed by atoms with Crippen LogP contribution in [0.15, 0.2) is 30.6 Å². The molecule has 106 valence electrons. The molecule has 1 aromatic heterocycles. The Morgan fingerprint density at radius 2 is 2.00 bits per heavy atom. The van der Waals surface area contributed by atoms with Gasteiger partial charge in [-0.25, -0.2) is 13.8 Å². The Balaban J connectivity index is 2.25. The van der Waals surface area contributed by atoms with Crippen LogP contribution in [0, 0.1) is 11.6 Å². The normalized spacial score (nSPS) is 11.0. The molecule has 21 heavy (non-hydrogen) atoms. The summed E-state index contributed by atoms with van der Waals surface area (Å²) >= 11 is 0. The average Bonchev–Trinajstić information content (AvgIpc) is 2.89. The summed E-state index contributed by atoms with van der Waals surface area (Å²) in [5, 5.41) is 9.75. The first-order valence-corrected chi connectivity index (χ1v) is 6.14. The van der Waals surface area contributed by atoms with Gasteiger partial charge in [0.25, 0.3) is 0 Å². The Morgan fingerprint density at radius 1 is 1.24 bits per heavy atom. The highest BCUT2D eigenvalue weighted by atomic mass is 19.2. The van der Waals surface area contributed by atoms with E-state index < -0.39 is 28.7 Å². The minimum Gasteiger partial charge on any atom is -0.507 e. The molecule has 3 rings (SSSR count). The number of phenolic OH excluding ortho intramolecular Hbond substituents is 1. The van der Waals surface area contributed by atoms with Crippen LogP contribution < -0.4 is 0 Å². The van der Waals surface area contributed by atoms with Crippen molar-refractivity contribution < 1.29 is 18.7 Å². The molecular formula is C15H10F2N2O2. The molecule has 6 heteroatoms. The number of aromatic hydroxyl groups is 1. The van der Waals surface area contributed by atoms with Gasteiger partial charge in [-0.2, -0.15) is 0 Å². The van der Waals surface area contributed by atoms with Gasteiger partial charge >= 0.3 is 0 Å². The van der Waals surface area contributed by atoms with Gasteiger partial charge in [-0.05, 0) is 30.7 Å². The highest BCUT2D eigenvalue weighted by molar-refractivity contribution is 5.98. The zero-order valence-corrected chi connectivity index (χ0v) is 10.9. The van der Waals surface area contributed by atoms with E-state index in [0.29, 0.717) is 16.6 Å². The third-order valence-corrected chi connectivity index (χ3v) is 3.27. The molecule has 0 unspecified atom stereocenters. The van der Waals surface area contributed by atoms with Crippen molar-refractivity contribution in [3.63, 3.8) is 0 Å². The van der Waals surface area contributed by atoms with Crippen molar-refractivity contribution in [2.45, 2.75) is 6.92 Å². The van der Waals surface area contributed by atoms with Crippen LogP contribution in [0.1, 0.15) is 17.3 Å². The Morgan fingerprint density at radius 3 is 2.71 bits per heavy atom. The summed E-state index contributed by atoms with van der Waals surface area (Å²) in [7, 11) is 0. The maximum atomic E-state index is 14.2. The second-order valence-corrected chi connectivity index (χ2v) is 4.64. The summed E-state index contributed by atoms with van der Waals surface area (Å²) in [6.07, 6.45) is 1.49. The largest absolute Gasteiger partial charge is 0.507 e. The van der Waals surface area contributed by atoms with Crippen molar-refractivity contribution in [3.05, 3.63) is 47.8 Å². The number of Topliss-reactive ketones (excluding diaryl/α,β-unsaturated/α-hetero) is 1. The number of aromatic amines is 1. The summed E-state index contributed by atoms with van der Waals surface area (Å²) in [4.78, 5) is 18.1. The van der Waals surface area contributed by atoms with Gasteiger partial charge in [-0.3, -0.25) is 4.79 Å². The number of carbonyl (C=O) groups excluding carboxylic acids is 1. The van der Waals surface area contributed by atoms with E-state index in [9.17, 15) is 18.7 Å². The highest BCUT2D eigenvalue weighted by Crippen LogP contribution is 2.33. The van der Waals surface area contributed by atoms with Gasteiger partial charge in [0, 0.05) is 5.56 Å². The van der Waals surface area contributed by atoms with Crippen LogP contribution in [-0.2, 0) is 0 Å². The van der Waals surface area contributed by atoms with Crippen molar-refractivity contribution in [1.29, 1.82) is 0 Å². The lowest BCUT2D eigenvalue weighted by Crippen LogP contribution is -2.02. The number of carbonyl (C=O) groups is 1. The van der Waals surface area contributed by atoms with Crippen LogP contribution in [0.4, 0.5) is 8.78 Å². The summed E-state index contributed by atoms with van der Waals surface area (Å²) in [5.74, 6) is -3.83. The lowest BCUT2D eigenvalue weighted by atomic mass is 9.99. The van der Waals surface area contributed by atoms with Crippen molar-refractivity contribution in [3.8, 4) is 16.9 Å². The number of imidazole rings is 1. The van der Waals surface area contributed by atoms with Crippen LogP contribution in [-0.4, -0.2) is 20.9 Å². The zero-order valence-electron chi connectivity index (χ0n) is 10.9. The maximum absolute atomic E-state index is 14.2. The minimum absolute atomic E-state index is 0.119. The molecule has 0 aliphatic heterocycles. The molecule has 0 atom stereocenters. The van der Waals surface area contributed by atoms with Crippen molar-refractivity contribution in [1.82, 2.24) is 9.97 Å². The fourth-order valence-electron chi connectivity index (χ4n) is 2.26. The molecule has 0 aliphatic carbocycles. The molecule has 0 fully saturated rings. The molecule has 2 N–H and O–H groups in total. The van der Waals surface area contributed by atoms with Gasteiger partial charge in [-0.1, -0.05) is 6.07 Å². The quantitative estimate of drug-likeness (QED) is 0.710. The number of nitrogens with one attached hydrogen (secondary N) is 1. The molecule has 0 saturated heterocycles. The topological polar surface area (TPSA) is 66.0 Å². The second-order valence-electron chi connectivity index (χ2n) is 4.64. The monoisotopic (exact) mass is 288 g/mol. The van der Waals surface area contributed by atoms with Crippen LogP contribution in [0.2, 0.25) is 0 Å². The van der Waals surface area contributed by atoms with Gasteiger partial charge in [0.2, 0.25) is 0 Å². The lowest BCUT2D eigenvalue weighted by Gasteiger charge is -2.09. The van der Waals surface area contributed by atoms with E-state index in [1.807, 2.05) is 0 Å². The van der Waals surface area contributed by atoms with Crippen LogP contribution in [0.3, 0.4) is 0 Å². The molecule has 0 bridgehead atoms.